The molecule has 0 unspecified atom stereocenters. The van der Waals surface area contributed by atoms with Crippen LogP contribution in [-0.2, 0) is 4.79 Å². The first kappa shape index (κ1) is 21.1. The van der Waals surface area contributed by atoms with E-state index in [1.54, 1.807) is 49.4 Å². The zero-order valence-electron chi connectivity index (χ0n) is 17.9. The van der Waals surface area contributed by atoms with Crippen LogP contribution < -0.4 is 10.1 Å². The number of hydrogen-bond donors (Lipinski definition) is 1. The number of carbonyl (C=O) groups excluding carboxylic acids is 2. The largest absolute Gasteiger partial charge is 0.497 e. The molecule has 0 saturated carbocycles. The van der Waals surface area contributed by atoms with Gasteiger partial charge in [-0.3, -0.25) is 9.59 Å². The van der Waals surface area contributed by atoms with Gasteiger partial charge in [-0.2, -0.15) is 0 Å². The van der Waals surface area contributed by atoms with E-state index in [-0.39, 0.29) is 17.6 Å². The lowest BCUT2D eigenvalue weighted by molar-refractivity contribution is -0.119. The summed E-state index contributed by atoms with van der Waals surface area (Å²) < 4.78 is 19.7. The van der Waals surface area contributed by atoms with Gasteiger partial charge in [-0.1, -0.05) is 41.7 Å². The summed E-state index contributed by atoms with van der Waals surface area (Å²) in [5, 5.41) is 3.40. The first-order valence-electron chi connectivity index (χ1n) is 10.3. The van der Waals surface area contributed by atoms with Crippen LogP contribution in [0.4, 0.5) is 9.52 Å². The number of nitrogens with zero attached hydrogens (tertiary/aromatic N) is 2. The summed E-state index contributed by atoms with van der Waals surface area (Å²) in [5.41, 5.74) is 2.54. The van der Waals surface area contributed by atoms with Crippen LogP contribution in [0.25, 0.3) is 10.2 Å². The molecule has 0 spiro atoms. The number of anilines is 1. The minimum atomic E-state index is -0.698. The minimum absolute atomic E-state index is 0.184. The van der Waals surface area contributed by atoms with Crippen molar-refractivity contribution in [3.8, 4) is 5.75 Å². The molecule has 3 aromatic carbocycles. The number of aromatic nitrogens is 1. The summed E-state index contributed by atoms with van der Waals surface area (Å²) in [6, 6.07) is 17.9. The predicted molar refractivity (Wildman–Crippen MR) is 125 cm³/mol. The summed E-state index contributed by atoms with van der Waals surface area (Å²) >= 11 is 1.35. The lowest BCUT2D eigenvalue weighted by Crippen LogP contribution is -2.44. The topological polar surface area (TPSA) is 71.5 Å². The summed E-state index contributed by atoms with van der Waals surface area (Å²) in [6.07, 6.45) is 0. The Morgan fingerprint density at radius 3 is 2.64 bits per heavy atom. The highest BCUT2D eigenvalue weighted by Gasteiger charge is 2.42. The third-order valence-corrected chi connectivity index (χ3v) is 6.83. The molecule has 8 heteroatoms. The van der Waals surface area contributed by atoms with E-state index >= 15 is 0 Å². The van der Waals surface area contributed by atoms with Crippen molar-refractivity contribution in [3.05, 3.63) is 89.2 Å². The Morgan fingerprint density at radius 1 is 1.12 bits per heavy atom. The van der Waals surface area contributed by atoms with Crippen LogP contribution in [0, 0.1) is 5.82 Å². The van der Waals surface area contributed by atoms with E-state index in [1.165, 1.54) is 23.5 Å². The molecule has 1 aliphatic heterocycles. The smallest absolute Gasteiger partial charge is 0.254 e. The van der Waals surface area contributed by atoms with Crippen molar-refractivity contribution >= 4 is 38.5 Å². The SMILES string of the molecule is COc1ccc2nc(NC(=O)[C@@H]3c4ccccc4C(=O)N(C)[C@H]3c3ccc(F)cc3)sc2c1. The number of fused-ring (bicyclic) bond motifs is 2. The maximum absolute atomic E-state index is 13.7. The normalized spacial score (nSPS) is 17.7. The fraction of sp³-hybridized carbons (Fsp3) is 0.160. The molecule has 166 valence electrons. The lowest BCUT2D eigenvalue weighted by Gasteiger charge is -2.39. The maximum atomic E-state index is 13.7. The molecule has 0 aliphatic carbocycles. The fourth-order valence-electron chi connectivity index (χ4n) is 4.30. The van der Waals surface area contributed by atoms with Crippen molar-refractivity contribution in [3.63, 3.8) is 0 Å². The van der Waals surface area contributed by atoms with Crippen molar-refractivity contribution in [2.24, 2.45) is 0 Å². The highest BCUT2D eigenvalue weighted by molar-refractivity contribution is 7.22. The van der Waals surface area contributed by atoms with Crippen molar-refractivity contribution in [2.45, 2.75) is 12.0 Å². The standard InChI is InChI=1S/C25H20FN3O3S/c1-29-22(14-7-9-15(26)10-8-14)21(17-5-3-4-6-18(17)24(29)31)23(30)28-25-27-19-12-11-16(32-2)13-20(19)33-25/h3-13,21-22H,1-2H3,(H,27,28,30)/t21-,22+/m1/s1. The molecular formula is C25H20FN3O3S. The third kappa shape index (κ3) is 3.72. The molecule has 2 amide bonds. The van der Waals surface area contributed by atoms with E-state index < -0.39 is 12.0 Å². The van der Waals surface area contributed by atoms with Gasteiger partial charge in [-0.15, -0.1) is 0 Å². The van der Waals surface area contributed by atoms with Crippen LogP contribution in [0.2, 0.25) is 0 Å². The zero-order valence-corrected chi connectivity index (χ0v) is 18.7. The van der Waals surface area contributed by atoms with Crippen molar-refractivity contribution in [2.75, 3.05) is 19.5 Å². The molecule has 5 rings (SSSR count). The number of likely N-dealkylation sites (N-methyl/N-ethyl adjacent to an activating group) is 1. The van der Waals surface area contributed by atoms with Gasteiger partial charge in [0.1, 0.15) is 11.6 Å². The Kier molecular flexibility index (Phi) is 5.30. The summed E-state index contributed by atoms with van der Waals surface area (Å²) in [7, 11) is 3.26. The molecule has 4 aromatic rings. The van der Waals surface area contributed by atoms with Gasteiger partial charge in [0.05, 0.1) is 29.3 Å². The van der Waals surface area contributed by atoms with Gasteiger partial charge in [0, 0.05) is 12.6 Å². The fourth-order valence-corrected chi connectivity index (χ4v) is 5.20. The molecule has 33 heavy (non-hydrogen) atoms. The van der Waals surface area contributed by atoms with Crippen LogP contribution in [0.5, 0.6) is 5.75 Å². The monoisotopic (exact) mass is 461 g/mol. The zero-order chi connectivity index (χ0) is 23.1. The molecule has 1 N–H and O–H groups in total. The van der Waals surface area contributed by atoms with E-state index in [2.05, 4.69) is 10.3 Å². The van der Waals surface area contributed by atoms with Gasteiger partial charge in [0.15, 0.2) is 5.13 Å². The molecular weight excluding hydrogens is 441 g/mol. The minimum Gasteiger partial charge on any atom is -0.497 e. The first-order chi connectivity index (χ1) is 16.0. The Bertz CT molecular complexity index is 1370. The van der Waals surface area contributed by atoms with Gasteiger partial charge in [0.2, 0.25) is 5.91 Å². The van der Waals surface area contributed by atoms with Crippen LogP contribution in [-0.4, -0.2) is 35.9 Å². The average molecular weight is 462 g/mol. The Balaban J connectivity index is 1.56. The average Bonchev–Trinajstić information content (AvgIpc) is 3.23. The van der Waals surface area contributed by atoms with E-state index in [9.17, 15) is 14.0 Å². The van der Waals surface area contributed by atoms with E-state index in [1.807, 2.05) is 24.3 Å². The highest BCUT2D eigenvalue weighted by Crippen LogP contribution is 2.43. The molecule has 1 aliphatic rings. The first-order valence-corrected chi connectivity index (χ1v) is 11.1. The second-order valence-corrected chi connectivity index (χ2v) is 8.85. The summed E-state index contributed by atoms with van der Waals surface area (Å²) in [6.45, 7) is 0. The number of methoxy groups -OCH3 is 1. The summed E-state index contributed by atoms with van der Waals surface area (Å²) in [4.78, 5) is 32.8. The van der Waals surface area contributed by atoms with Gasteiger partial charge >= 0.3 is 0 Å². The van der Waals surface area contributed by atoms with Gasteiger partial charge in [0.25, 0.3) is 5.91 Å². The second kappa shape index (κ2) is 8.29. The van der Waals surface area contributed by atoms with Crippen LogP contribution in [0.15, 0.2) is 66.7 Å². The third-order valence-electron chi connectivity index (χ3n) is 5.90. The number of halogens is 1. The Labute approximate surface area is 193 Å². The number of hydrogen-bond acceptors (Lipinski definition) is 5. The van der Waals surface area contributed by atoms with E-state index in [0.29, 0.717) is 27.6 Å². The van der Waals surface area contributed by atoms with Gasteiger partial charge in [-0.25, -0.2) is 9.37 Å². The van der Waals surface area contributed by atoms with Crippen molar-refractivity contribution in [1.29, 1.82) is 0 Å². The number of rotatable bonds is 4. The van der Waals surface area contributed by atoms with Crippen molar-refractivity contribution < 1.29 is 18.7 Å². The number of thiazole rings is 1. The highest BCUT2D eigenvalue weighted by atomic mass is 32.1. The van der Waals surface area contributed by atoms with Crippen LogP contribution in [0.3, 0.4) is 0 Å². The van der Waals surface area contributed by atoms with Crippen LogP contribution >= 0.6 is 11.3 Å². The van der Waals surface area contributed by atoms with Gasteiger partial charge < -0.3 is 15.0 Å². The molecule has 0 radical (unpaired) electrons. The predicted octanol–water partition coefficient (Wildman–Crippen LogP) is 4.99. The van der Waals surface area contributed by atoms with Gasteiger partial charge in [-0.05, 0) is 47.5 Å². The number of ether oxygens (including phenoxy) is 1. The Hall–Kier alpha value is -3.78. The van der Waals surface area contributed by atoms with E-state index in [0.717, 1.165) is 10.2 Å². The molecule has 0 fully saturated rings. The van der Waals surface area contributed by atoms with Crippen LogP contribution in [0.1, 0.15) is 33.4 Å². The van der Waals surface area contributed by atoms with Crippen molar-refractivity contribution in [1.82, 2.24) is 9.88 Å². The molecule has 2 atom stereocenters. The number of nitrogens with one attached hydrogen (secondary N) is 1. The lowest BCUT2D eigenvalue weighted by atomic mass is 9.79. The maximum Gasteiger partial charge on any atom is 0.254 e. The Morgan fingerprint density at radius 2 is 1.88 bits per heavy atom. The number of carbonyl (C=O) groups is 2. The summed E-state index contributed by atoms with van der Waals surface area (Å²) in [5.74, 6) is -0.842. The second-order valence-electron chi connectivity index (χ2n) is 7.82. The number of amides is 2. The molecule has 0 bridgehead atoms. The number of benzene rings is 3. The molecule has 6 nitrogen and oxygen atoms in total. The molecule has 0 saturated heterocycles. The molecule has 1 aromatic heterocycles. The molecule has 2 heterocycles. The quantitative estimate of drug-likeness (QED) is 0.465. The van der Waals surface area contributed by atoms with E-state index in [4.69, 9.17) is 4.74 Å².